The summed E-state index contributed by atoms with van der Waals surface area (Å²) in [6.07, 6.45) is 4.76. The molecular weight excluding hydrogens is 310 g/mol. The first kappa shape index (κ1) is 18.0. The molecule has 1 aliphatic carbocycles. The summed E-state index contributed by atoms with van der Waals surface area (Å²) in [6.45, 7) is 5.54. The van der Waals surface area contributed by atoms with E-state index in [0.29, 0.717) is 19.4 Å². The van der Waals surface area contributed by atoms with E-state index in [1.807, 2.05) is 30.3 Å². The fraction of sp³-hybridized carbons (Fsp3) is 0.455. The Labute approximate surface area is 151 Å². The van der Waals surface area contributed by atoms with E-state index in [1.54, 1.807) is 0 Å². The molecule has 0 saturated carbocycles. The largest absolute Gasteiger partial charge is 0.492 e. The molecule has 1 unspecified atom stereocenters. The molecule has 0 amide bonds. The highest BCUT2D eigenvalue weighted by atomic mass is 16.5. The van der Waals surface area contributed by atoms with Crippen molar-refractivity contribution in [3.8, 4) is 5.75 Å². The molecule has 1 atom stereocenters. The van der Waals surface area contributed by atoms with E-state index in [9.17, 15) is 0 Å². The van der Waals surface area contributed by atoms with Crippen molar-refractivity contribution in [2.45, 2.75) is 38.7 Å². The molecule has 3 nitrogen and oxygen atoms in total. The molecule has 0 N–H and O–H groups in total. The summed E-state index contributed by atoms with van der Waals surface area (Å²) in [4.78, 5) is 2.35. The second-order valence-corrected chi connectivity index (χ2v) is 6.71. The lowest BCUT2D eigenvalue weighted by molar-refractivity contribution is -0.0311. The fourth-order valence-corrected chi connectivity index (χ4v) is 3.38. The number of fused-ring (bicyclic) bond motifs is 1. The quantitative estimate of drug-likeness (QED) is 0.636. The van der Waals surface area contributed by atoms with Crippen molar-refractivity contribution in [3.05, 3.63) is 65.7 Å². The Morgan fingerprint density at radius 3 is 2.52 bits per heavy atom. The average molecular weight is 339 g/mol. The molecule has 2 aromatic rings. The van der Waals surface area contributed by atoms with Gasteiger partial charge in [0.15, 0.2) is 0 Å². The maximum absolute atomic E-state index is 6.23. The minimum Gasteiger partial charge on any atom is -0.492 e. The molecule has 0 aliphatic heterocycles. The highest BCUT2D eigenvalue weighted by Crippen LogP contribution is 2.23. The zero-order chi connectivity index (χ0) is 17.3. The van der Waals surface area contributed by atoms with Crippen LogP contribution >= 0.6 is 0 Å². The van der Waals surface area contributed by atoms with Gasteiger partial charge in [0.1, 0.15) is 12.4 Å². The van der Waals surface area contributed by atoms with E-state index in [4.69, 9.17) is 9.47 Å². The predicted molar refractivity (Wildman–Crippen MR) is 102 cm³/mol. The van der Waals surface area contributed by atoms with Gasteiger partial charge in [-0.3, -0.25) is 4.90 Å². The fourth-order valence-electron chi connectivity index (χ4n) is 3.38. The van der Waals surface area contributed by atoms with E-state index in [0.717, 1.165) is 44.5 Å². The Hall–Kier alpha value is -1.84. The minimum atomic E-state index is 0.337. The van der Waals surface area contributed by atoms with Gasteiger partial charge in [-0.15, -0.1) is 0 Å². The van der Waals surface area contributed by atoms with Crippen LogP contribution in [-0.4, -0.2) is 37.4 Å². The van der Waals surface area contributed by atoms with Crippen LogP contribution in [0.3, 0.4) is 0 Å². The number of hydrogen-bond donors (Lipinski definition) is 0. The molecule has 0 saturated heterocycles. The Morgan fingerprint density at radius 1 is 0.960 bits per heavy atom. The molecule has 0 heterocycles. The van der Waals surface area contributed by atoms with Gasteiger partial charge in [-0.2, -0.15) is 0 Å². The maximum Gasteiger partial charge on any atom is 0.119 e. The van der Waals surface area contributed by atoms with Crippen molar-refractivity contribution < 1.29 is 9.47 Å². The number of hydrogen-bond acceptors (Lipinski definition) is 3. The summed E-state index contributed by atoms with van der Waals surface area (Å²) >= 11 is 0. The summed E-state index contributed by atoms with van der Waals surface area (Å²) in [5, 5.41) is 0. The molecule has 0 radical (unpaired) electrons. The third kappa shape index (κ3) is 5.58. The number of para-hydroxylation sites is 1. The van der Waals surface area contributed by atoms with Crippen LogP contribution in [0.2, 0.25) is 0 Å². The Morgan fingerprint density at radius 2 is 1.72 bits per heavy atom. The third-order valence-corrected chi connectivity index (χ3v) is 4.75. The van der Waals surface area contributed by atoms with Gasteiger partial charge in [0, 0.05) is 13.1 Å². The van der Waals surface area contributed by atoms with Gasteiger partial charge < -0.3 is 9.47 Å². The number of benzene rings is 2. The number of nitrogens with zero attached hydrogens (tertiary/aromatic N) is 1. The van der Waals surface area contributed by atoms with Crippen molar-refractivity contribution in [1.82, 2.24) is 4.90 Å². The van der Waals surface area contributed by atoms with Crippen molar-refractivity contribution in [1.29, 1.82) is 0 Å². The van der Waals surface area contributed by atoms with Gasteiger partial charge in [0.2, 0.25) is 0 Å². The first-order valence-corrected chi connectivity index (χ1v) is 9.43. The lowest BCUT2D eigenvalue weighted by Crippen LogP contribution is -2.35. The van der Waals surface area contributed by atoms with E-state index in [1.165, 1.54) is 11.1 Å². The van der Waals surface area contributed by atoms with Gasteiger partial charge in [-0.05, 0) is 48.9 Å². The van der Waals surface area contributed by atoms with Crippen LogP contribution in [0.4, 0.5) is 0 Å². The Kier molecular flexibility index (Phi) is 6.89. The molecular formula is C22H29NO2. The van der Waals surface area contributed by atoms with Crippen LogP contribution in [-0.2, 0) is 17.6 Å². The number of ether oxygens (including phenoxy) is 2. The van der Waals surface area contributed by atoms with Crippen molar-refractivity contribution in [3.63, 3.8) is 0 Å². The first-order chi connectivity index (χ1) is 12.3. The second kappa shape index (κ2) is 9.59. The molecule has 0 fully saturated rings. The summed E-state index contributed by atoms with van der Waals surface area (Å²) in [6, 6.07) is 18.8. The summed E-state index contributed by atoms with van der Waals surface area (Å²) < 4.78 is 12.1. The standard InChI is InChI=1S/C22H29NO2/c1-2-14-23(15-16-24-21-10-4-3-5-11-21)18-25-22-13-12-19-8-6-7-9-20(19)17-22/h3-11,22H,2,12-18H2,1H3. The minimum absolute atomic E-state index is 0.337. The van der Waals surface area contributed by atoms with Crippen molar-refractivity contribution in [2.75, 3.05) is 26.4 Å². The molecule has 1 aliphatic rings. The summed E-state index contributed by atoms with van der Waals surface area (Å²) in [5.41, 5.74) is 2.94. The Balaban J connectivity index is 1.42. The summed E-state index contributed by atoms with van der Waals surface area (Å²) in [7, 11) is 0. The zero-order valence-corrected chi connectivity index (χ0v) is 15.2. The maximum atomic E-state index is 6.23. The monoisotopic (exact) mass is 339 g/mol. The van der Waals surface area contributed by atoms with Crippen molar-refractivity contribution >= 4 is 0 Å². The van der Waals surface area contributed by atoms with Crippen LogP contribution in [0.15, 0.2) is 54.6 Å². The van der Waals surface area contributed by atoms with Gasteiger partial charge >= 0.3 is 0 Å². The van der Waals surface area contributed by atoms with Gasteiger partial charge in [-0.1, -0.05) is 49.4 Å². The number of aryl methyl sites for hydroxylation is 1. The normalized spacial score (nSPS) is 16.6. The highest BCUT2D eigenvalue weighted by molar-refractivity contribution is 5.29. The van der Waals surface area contributed by atoms with Crippen LogP contribution in [0.25, 0.3) is 0 Å². The zero-order valence-electron chi connectivity index (χ0n) is 15.2. The van der Waals surface area contributed by atoms with Crippen LogP contribution < -0.4 is 4.74 Å². The molecule has 0 bridgehead atoms. The highest BCUT2D eigenvalue weighted by Gasteiger charge is 2.19. The molecule has 2 aromatic carbocycles. The van der Waals surface area contributed by atoms with Crippen LogP contribution in [0, 0.1) is 0 Å². The summed E-state index contributed by atoms with van der Waals surface area (Å²) in [5.74, 6) is 0.934. The lowest BCUT2D eigenvalue weighted by Gasteiger charge is -2.28. The van der Waals surface area contributed by atoms with E-state index in [2.05, 4.69) is 36.1 Å². The molecule has 3 rings (SSSR count). The second-order valence-electron chi connectivity index (χ2n) is 6.71. The Bertz CT molecular complexity index is 629. The van der Waals surface area contributed by atoms with Gasteiger partial charge in [-0.25, -0.2) is 0 Å². The van der Waals surface area contributed by atoms with Crippen molar-refractivity contribution in [2.24, 2.45) is 0 Å². The van der Waals surface area contributed by atoms with Gasteiger partial charge in [0.05, 0.1) is 12.8 Å². The lowest BCUT2D eigenvalue weighted by atomic mass is 9.90. The molecule has 3 heteroatoms. The molecule has 0 aromatic heterocycles. The predicted octanol–water partition coefficient (Wildman–Crippen LogP) is 4.31. The average Bonchev–Trinajstić information content (AvgIpc) is 2.67. The van der Waals surface area contributed by atoms with Gasteiger partial charge in [0.25, 0.3) is 0 Å². The first-order valence-electron chi connectivity index (χ1n) is 9.43. The van der Waals surface area contributed by atoms with E-state index in [-0.39, 0.29) is 0 Å². The smallest absolute Gasteiger partial charge is 0.119 e. The van der Waals surface area contributed by atoms with Crippen LogP contribution in [0.1, 0.15) is 30.9 Å². The molecule has 134 valence electrons. The van der Waals surface area contributed by atoms with Crippen LogP contribution in [0.5, 0.6) is 5.75 Å². The third-order valence-electron chi connectivity index (χ3n) is 4.75. The van der Waals surface area contributed by atoms with E-state index < -0.39 is 0 Å². The number of rotatable bonds is 9. The SMILES string of the molecule is CCCN(CCOc1ccccc1)COC1CCc2ccccc2C1. The topological polar surface area (TPSA) is 21.7 Å². The van der Waals surface area contributed by atoms with E-state index >= 15 is 0 Å². The molecule has 25 heavy (non-hydrogen) atoms. The molecule has 0 spiro atoms.